The summed E-state index contributed by atoms with van der Waals surface area (Å²) in [6.45, 7) is 5.20. The highest BCUT2D eigenvalue weighted by molar-refractivity contribution is 5.36. The number of hydrogen-bond acceptors (Lipinski definition) is 5. The molecule has 2 rings (SSSR count). The highest BCUT2D eigenvalue weighted by atomic mass is 15.4. The predicted octanol–water partition coefficient (Wildman–Crippen LogP) is 0.650. The monoisotopic (exact) mass is 232 g/mol. The highest BCUT2D eigenvalue weighted by Gasteiger charge is 2.05. The van der Waals surface area contributed by atoms with Gasteiger partial charge in [-0.15, -0.1) is 10.2 Å². The van der Waals surface area contributed by atoms with Gasteiger partial charge in [0.25, 0.3) is 0 Å². The van der Waals surface area contributed by atoms with E-state index in [2.05, 4.69) is 20.6 Å². The van der Waals surface area contributed by atoms with E-state index in [4.69, 9.17) is 5.73 Å². The third kappa shape index (κ3) is 2.59. The lowest BCUT2D eigenvalue weighted by Gasteiger charge is -2.05. The topological polar surface area (TPSA) is 81.7 Å². The van der Waals surface area contributed by atoms with E-state index < -0.39 is 0 Å². The van der Waals surface area contributed by atoms with E-state index in [-0.39, 0.29) is 0 Å². The summed E-state index contributed by atoms with van der Waals surface area (Å²) in [6, 6.07) is 5.75. The summed E-state index contributed by atoms with van der Waals surface area (Å²) in [7, 11) is 0. The van der Waals surface area contributed by atoms with Crippen molar-refractivity contribution < 1.29 is 0 Å². The Morgan fingerprint density at radius 2 is 2.12 bits per heavy atom. The van der Waals surface area contributed by atoms with Gasteiger partial charge in [-0.3, -0.25) is 0 Å². The lowest BCUT2D eigenvalue weighted by atomic mass is 10.4. The molecule has 6 heteroatoms. The van der Waals surface area contributed by atoms with E-state index in [1.807, 2.05) is 32.0 Å². The van der Waals surface area contributed by atoms with Crippen molar-refractivity contribution in [2.24, 2.45) is 5.73 Å². The van der Waals surface area contributed by atoms with Gasteiger partial charge in [0.15, 0.2) is 5.82 Å². The minimum atomic E-state index is 0.570. The molecular weight excluding hydrogens is 216 g/mol. The molecule has 3 N–H and O–H groups in total. The van der Waals surface area contributed by atoms with Gasteiger partial charge in [-0.2, -0.15) is 5.10 Å². The van der Waals surface area contributed by atoms with Crippen LogP contribution in [0.4, 0.5) is 5.82 Å². The van der Waals surface area contributed by atoms with Crippen molar-refractivity contribution >= 4 is 5.82 Å². The fourth-order valence-electron chi connectivity index (χ4n) is 1.59. The summed E-state index contributed by atoms with van der Waals surface area (Å²) in [6.07, 6.45) is 0. The molecule has 0 aliphatic carbocycles. The third-order valence-electron chi connectivity index (χ3n) is 2.33. The van der Waals surface area contributed by atoms with E-state index in [1.54, 1.807) is 4.68 Å². The quantitative estimate of drug-likeness (QED) is 0.808. The summed E-state index contributed by atoms with van der Waals surface area (Å²) in [5, 5.41) is 15.6. The maximum absolute atomic E-state index is 5.40. The molecule has 2 aromatic heterocycles. The fraction of sp³-hybridized carbons (Fsp3) is 0.364. The molecule has 90 valence electrons. The molecule has 6 nitrogen and oxygen atoms in total. The molecule has 17 heavy (non-hydrogen) atoms. The van der Waals surface area contributed by atoms with Crippen LogP contribution in [0.25, 0.3) is 5.82 Å². The van der Waals surface area contributed by atoms with E-state index in [0.29, 0.717) is 18.9 Å². The van der Waals surface area contributed by atoms with E-state index in [1.165, 1.54) is 0 Å². The van der Waals surface area contributed by atoms with Gasteiger partial charge in [-0.05, 0) is 32.0 Å². The Morgan fingerprint density at radius 1 is 1.29 bits per heavy atom. The SMILES string of the molecule is Cc1cc(C)n(-c2ccc(NCCN)nn2)n1. The van der Waals surface area contributed by atoms with Gasteiger partial charge in [-0.1, -0.05) is 0 Å². The van der Waals surface area contributed by atoms with Crippen LogP contribution >= 0.6 is 0 Å². The van der Waals surface area contributed by atoms with Gasteiger partial charge in [0.1, 0.15) is 5.82 Å². The third-order valence-corrected chi connectivity index (χ3v) is 2.33. The number of anilines is 1. The maximum Gasteiger partial charge on any atom is 0.176 e. The molecule has 0 bridgehead atoms. The zero-order chi connectivity index (χ0) is 12.3. The molecule has 0 saturated heterocycles. The van der Waals surface area contributed by atoms with Crippen LogP contribution in [0, 0.1) is 13.8 Å². The Kier molecular flexibility index (Phi) is 3.34. The second-order valence-corrected chi connectivity index (χ2v) is 3.83. The van der Waals surface area contributed by atoms with Crippen molar-refractivity contribution in [3.8, 4) is 5.82 Å². The lowest BCUT2D eigenvalue weighted by Crippen LogP contribution is -2.14. The van der Waals surface area contributed by atoms with E-state index >= 15 is 0 Å². The minimum absolute atomic E-state index is 0.570. The first-order chi connectivity index (χ1) is 8.20. The van der Waals surface area contributed by atoms with Gasteiger partial charge in [0, 0.05) is 18.8 Å². The highest BCUT2D eigenvalue weighted by Crippen LogP contribution is 2.10. The smallest absolute Gasteiger partial charge is 0.176 e. The average molecular weight is 232 g/mol. The molecule has 0 saturated carbocycles. The summed E-state index contributed by atoms with van der Waals surface area (Å²) < 4.78 is 1.77. The molecule has 0 aromatic carbocycles. The molecule has 0 radical (unpaired) electrons. The lowest BCUT2D eigenvalue weighted by molar-refractivity contribution is 0.781. The first-order valence-corrected chi connectivity index (χ1v) is 5.52. The molecule has 0 unspecified atom stereocenters. The Morgan fingerprint density at radius 3 is 2.65 bits per heavy atom. The number of aryl methyl sites for hydroxylation is 2. The van der Waals surface area contributed by atoms with E-state index in [0.717, 1.165) is 17.2 Å². The van der Waals surface area contributed by atoms with Crippen LogP contribution in [0.1, 0.15) is 11.4 Å². The summed E-state index contributed by atoms with van der Waals surface area (Å²) >= 11 is 0. The predicted molar refractivity (Wildman–Crippen MR) is 66.2 cm³/mol. The van der Waals surface area contributed by atoms with E-state index in [9.17, 15) is 0 Å². The van der Waals surface area contributed by atoms with Crippen LogP contribution < -0.4 is 11.1 Å². The number of nitrogens with zero attached hydrogens (tertiary/aromatic N) is 4. The molecule has 0 aliphatic rings. The molecular formula is C11H16N6. The standard InChI is InChI=1S/C11H16N6/c1-8-7-9(2)17(16-8)11-4-3-10(14-15-11)13-6-5-12/h3-4,7H,5-6,12H2,1-2H3,(H,13,14). The van der Waals surface area contributed by atoms with Gasteiger partial charge >= 0.3 is 0 Å². The molecule has 0 aliphatic heterocycles. The Labute approximate surface area is 99.9 Å². The van der Waals surface area contributed by atoms with Crippen molar-refractivity contribution in [1.82, 2.24) is 20.0 Å². The second kappa shape index (κ2) is 4.92. The van der Waals surface area contributed by atoms with Crippen molar-refractivity contribution in [1.29, 1.82) is 0 Å². The first-order valence-electron chi connectivity index (χ1n) is 5.52. The van der Waals surface area contributed by atoms with Gasteiger partial charge in [-0.25, -0.2) is 4.68 Å². The zero-order valence-electron chi connectivity index (χ0n) is 10.0. The second-order valence-electron chi connectivity index (χ2n) is 3.83. The Bertz CT molecular complexity index is 487. The number of nitrogens with two attached hydrogens (primary N) is 1. The minimum Gasteiger partial charge on any atom is -0.367 e. The molecule has 0 fully saturated rings. The average Bonchev–Trinajstić information content (AvgIpc) is 2.66. The van der Waals surface area contributed by atoms with Crippen molar-refractivity contribution in [2.45, 2.75) is 13.8 Å². The van der Waals surface area contributed by atoms with Gasteiger partial charge in [0.2, 0.25) is 0 Å². The van der Waals surface area contributed by atoms with Crippen LogP contribution in [-0.4, -0.2) is 33.1 Å². The number of nitrogens with one attached hydrogen (secondary N) is 1. The number of hydrogen-bond donors (Lipinski definition) is 2. The van der Waals surface area contributed by atoms with Crippen molar-refractivity contribution in [3.63, 3.8) is 0 Å². The van der Waals surface area contributed by atoms with Crippen LogP contribution in [0.2, 0.25) is 0 Å². The van der Waals surface area contributed by atoms with Crippen LogP contribution in [-0.2, 0) is 0 Å². The summed E-state index contributed by atoms with van der Waals surface area (Å²) in [5.41, 5.74) is 7.40. The van der Waals surface area contributed by atoms with Gasteiger partial charge < -0.3 is 11.1 Å². The number of rotatable bonds is 4. The fourth-order valence-corrected chi connectivity index (χ4v) is 1.59. The Hall–Kier alpha value is -1.95. The molecule has 2 aromatic rings. The number of aromatic nitrogens is 4. The first kappa shape index (κ1) is 11.5. The van der Waals surface area contributed by atoms with Crippen molar-refractivity contribution in [2.75, 3.05) is 18.4 Å². The van der Waals surface area contributed by atoms with Crippen molar-refractivity contribution in [3.05, 3.63) is 29.6 Å². The van der Waals surface area contributed by atoms with Crippen LogP contribution in [0.5, 0.6) is 0 Å². The summed E-state index contributed by atoms with van der Waals surface area (Å²) in [4.78, 5) is 0. The largest absolute Gasteiger partial charge is 0.367 e. The molecule has 2 heterocycles. The molecule has 0 atom stereocenters. The zero-order valence-corrected chi connectivity index (χ0v) is 10.0. The van der Waals surface area contributed by atoms with Gasteiger partial charge in [0.05, 0.1) is 5.69 Å². The van der Waals surface area contributed by atoms with Crippen LogP contribution in [0.3, 0.4) is 0 Å². The maximum atomic E-state index is 5.40. The normalized spacial score (nSPS) is 10.5. The molecule has 0 spiro atoms. The van der Waals surface area contributed by atoms with Crippen LogP contribution in [0.15, 0.2) is 18.2 Å². The molecule has 0 amide bonds. The summed E-state index contributed by atoms with van der Waals surface area (Å²) in [5.74, 6) is 1.44. The Balaban J connectivity index is 2.20.